The van der Waals surface area contributed by atoms with Gasteiger partial charge in [0.2, 0.25) is 5.78 Å². The van der Waals surface area contributed by atoms with Gasteiger partial charge < -0.3 is 10.5 Å². The van der Waals surface area contributed by atoms with Crippen LogP contribution < -0.4 is 5.73 Å². The topological polar surface area (TPSA) is 52.3 Å². The standard InChI is InChI=1S/C8H11NO2/c1-2-8(10)6-3-7(4-9)11-5-6/h1,6-7H,3-5,9H2. The summed E-state index contributed by atoms with van der Waals surface area (Å²) in [6.45, 7) is 0.902. The van der Waals surface area contributed by atoms with Crippen molar-refractivity contribution in [1.82, 2.24) is 0 Å². The highest BCUT2D eigenvalue weighted by atomic mass is 16.5. The van der Waals surface area contributed by atoms with Crippen LogP contribution in [0.4, 0.5) is 0 Å². The minimum absolute atomic E-state index is 0.0253. The average molecular weight is 153 g/mol. The Hall–Kier alpha value is -0.850. The molecule has 1 aliphatic rings. The third kappa shape index (κ3) is 1.79. The van der Waals surface area contributed by atoms with Gasteiger partial charge >= 0.3 is 0 Å². The third-order valence-electron chi connectivity index (χ3n) is 1.86. The molecule has 2 N–H and O–H groups in total. The van der Waals surface area contributed by atoms with Crippen LogP contribution in [0.1, 0.15) is 6.42 Å². The predicted molar refractivity (Wildman–Crippen MR) is 40.7 cm³/mol. The summed E-state index contributed by atoms with van der Waals surface area (Å²) in [4.78, 5) is 10.9. The van der Waals surface area contributed by atoms with Crippen molar-refractivity contribution >= 4 is 5.78 Å². The Morgan fingerprint density at radius 3 is 3.00 bits per heavy atom. The molecule has 3 nitrogen and oxygen atoms in total. The van der Waals surface area contributed by atoms with Crippen molar-refractivity contribution in [3.8, 4) is 12.3 Å². The van der Waals surface area contributed by atoms with E-state index in [1.807, 2.05) is 0 Å². The smallest absolute Gasteiger partial charge is 0.210 e. The Kier molecular flexibility index (Phi) is 2.64. The Morgan fingerprint density at radius 2 is 2.55 bits per heavy atom. The van der Waals surface area contributed by atoms with E-state index < -0.39 is 0 Å². The van der Waals surface area contributed by atoms with Gasteiger partial charge in [-0.2, -0.15) is 0 Å². The first kappa shape index (κ1) is 8.25. The first-order chi connectivity index (χ1) is 5.27. The van der Waals surface area contributed by atoms with Crippen LogP contribution in [0.15, 0.2) is 0 Å². The summed E-state index contributed by atoms with van der Waals surface area (Å²) in [5.74, 6) is 1.81. The fourth-order valence-electron chi connectivity index (χ4n) is 1.17. The molecule has 1 rings (SSSR count). The lowest BCUT2D eigenvalue weighted by atomic mass is 10.0. The van der Waals surface area contributed by atoms with E-state index in [2.05, 4.69) is 5.92 Å². The molecule has 0 radical (unpaired) electrons. The Balaban J connectivity index is 2.43. The van der Waals surface area contributed by atoms with Gasteiger partial charge in [-0.3, -0.25) is 4.79 Å². The normalized spacial score (nSPS) is 29.8. The van der Waals surface area contributed by atoms with Crippen LogP contribution in [0, 0.1) is 18.3 Å². The molecule has 1 saturated heterocycles. The minimum atomic E-state index is -0.166. The number of ether oxygens (including phenoxy) is 1. The number of ketones is 1. The molecule has 3 heteroatoms. The van der Waals surface area contributed by atoms with E-state index in [1.165, 1.54) is 0 Å². The lowest BCUT2D eigenvalue weighted by Gasteiger charge is -2.02. The van der Waals surface area contributed by atoms with Gasteiger partial charge in [0.15, 0.2) is 0 Å². The molecule has 1 fully saturated rings. The largest absolute Gasteiger partial charge is 0.376 e. The summed E-state index contributed by atoms with van der Waals surface area (Å²) in [6, 6.07) is 0. The zero-order valence-corrected chi connectivity index (χ0v) is 6.25. The zero-order chi connectivity index (χ0) is 8.27. The van der Waals surface area contributed by atoms with Crippen LogP contribution in [0.25, 0.3) is 0 Å². The summed E-state index contributed by atoms with van der Waals surface area (Å²) in [6.07, 6.45) is 5.66. The van der Waals surface area contributed by atoms with E-state index in [0.717, 1.165) is 0 Å². The number of terminal acetylenes is 1. The number of carbonyl (C=O) groups excluding carboxylic acids is 1. The molecule has 2 unspecified atom stereocenters. The molecule has 0 aromatic carbocycles. The van der Waals surface area contributed by atoms with Crippen LogP contribution in [-0.4, -0.2) is 25.0 Å². The second-order valence-electron chi connectivity index (χ2n) is 2.63. The predicted octanol–water partition coefficient (Wildman–Crippen LogP) is -0.448. The summed E-state index contributed by atoms with van der Waals surface area (Å²) >= 11 is 0. The van der Waals surface area contributed by atoms with Gasteiger partial charge in [0.05, 0.1) is 18.6 Å². The number of rotatable bonds is 2. The molecule has 0 amide bonds. The van der Waals surface area contributed by atoms with E-state index in [9.17, 15) is 4.79 Å². The van der Waals surface area contributed by atoms with E-state index in [1.54, 1.807) is 0 Å². The fourth-order valence-corrected chi connectivity index (χ4v) is 1.17. The Bertz CT molecular complexity index is 195. The first-order valence-electron chi connectivity index (χ1n) is 3.60. The fraction of sp³-hybridized carbons (Fsp3) is 0.625. The third-order valence-corrected chi connectivity index (χ3v) is 1.86. The van der Waals surface area contributed by atoms with Gasteiger partial charge in [0, 0.05) is 6.54 Å². The number of nitrogens with two attached hydrogens (primary N) is 1. The Labute approximate surface area is 65.9 Å². The molecular formula is C8H11NO2. The van der Waals surface area contributed by atoms with Gasteiger partial charge in [0.25, 0.3) is 0 Å². The van der Waals surface area contributed by atoms with Crippen molar-refractivity contribution in [3.05, 3.63) is 0 Å². The van der Waals surface area contributed by atoms with Gasteiger partial charge in [-0.1, -0.05) is 0 Å². The molecule has 1 aliphatic heterocycles. The summed E-state index contributed by atoms with van der Waals surface area (Å²) in [5.41, 5.74) is 5.35. The molecule has 0 aliphatic carbocycles. The molecule has 0 aromatic rings. The number of hydrogen-bond donors (Lipinski definition) is 1. The van der Waals surface area contributed by atoms with Crippen LogP contribution in [0.5, 0.6) is 0 Å². The Morgan fingerprint density at radius 1 is 1.82 bits per heavy atom. The molecule has 2 atom stereocenters. The van der Waals surface area contributed by atoms with Crippen LogP contribution in [0.3, 0.4) is 0 Å². The highest BCUT2D eigenvalue weighted by molar-refractivity contribution is 5.96. The van der Waals surface area contributed by atoms with E-state index in [-0.39, 0.29) is 17.8 Å². The molecule has 0 spiro atoms. The van der Waals surface area contributed by atoms with Crippen LogP contribution >= 0.6 is 0 Å². The molecule has 60 valence electrons. The monoisotopic (exact) mass is 153 g/mol. The van der Waals surface area contributed by atoms with E-state index in [0.29, 0.717) is 19.6 Å². The van der Waals surface area contributed by atoms with E-state index >= 15 is 0 Å². The average Bonchev–Trinajstić information content (AvgIpc) is 2.50. The van der Waals surface area contributed by atoms with Crippen molar-refractivity contribution in [2.75, 3.05) is 13.2 Å². The van der Waals surface area contributed by atoms with Crippen LogP contribution in [0.2, 0.25) is 0 Å². The first-order valence-corrected chi connectivity index (χ1v) is 3.60. The quantitative estimate of drug-likeness (QED) is 0.432. The number of carbonyl (C=O) groups is 1. The van der Waals surface area contributed by atoms with Crippen molar-refractivity contribution in [2.24, 2.45) is 11.7 Å². The molecule has 0 bridgehead atoms. The maximum absolute atomic E-state index is 10.9. The summed E-state index contributed by atoms with van der Waals surface area (Å²) in [7, 11) is 0. The lowest BCUT2D eigenvalue weighted by Crippen LogP contribution is -2.19. The SMILES string of the molecule is C#CC(=O)C1COC(CN)C1. The lowest BCUT2D eigenvalue weighted by molar-refractivity contribution is -0.117. The number of hydrogen-bond acceptors (Lipinski definition) is 3. The summed E-state index contributed by atoms with van der Waals surface area (Å²) in [5, 5.41) is 0. The second-order valence-corrected chi connectivity index (χ2v) is 2.63. The van der Waals surface area contributed by atoms with E-state index in [4.69, 9.17) is 16.9 Å². The molecule has 0 aromatic heterocycles. The van der Waals surface area contributed by atoms with Crippen molar-refractivity contribution < 1.29 is 9.53 Å². The van der Waals surface area contributed by atoms with Gasteiger partial charge in [-0.25, -0.2) is 0 Å². The zero-order valence-electron chi connectivity index (χ0n) is 6.25. The second kappa shape index (κ2) is 3.51. The van der Waals surface area contributed by atoms with Crippen LogP contribution in [-0.2, 0) is 9.53 Å². The molecule has 0 saturated carbocycles. The maximum Gasteiger partial charge on any atom is 0.210 e. The molecule has 11 heavy (non-hydrogen) atoms. The minimum Gasteiger partial charge on any atom is -0.376 e. The maximum atomic E-state index is 10.9. The highest BCUT2D eigenvalue weighted by Gasteiger charge is 2.28. The van der Waals surface area contributed by atoms with Gasteiger partial charge in [0.1, 0.15) is 0 Å². The van der Waals surface area contributed by atoms with Gasteiger partial charge in [-0.05, 0) is 12.3 Å². The van der Waals surface area contributed by atoms with Crippen molar-refractivity contribution in [3.63, 3.8) is 0 Å². The number of Topliss-reactive ketones (excluding diaryl/α,β-unsaturated/α-hetero) is 1. The van der Waals surface area contributed by atoms with Crippen molar-refractivity contribution in [1.29, 1.82) is 0 Å². The van der Waals surface area contributed by atoms with Crippen molar-refractivity contribution in [2.45, 2.75) is 12.5 Å². The molecular weight excluding hydrogens is 142 g/mol. The highest BCUT2D eigenvalue weighted by Crippen LogP contribution is 2.18. The molecule has 1 heterocycles. The van der Waals surface area contributed by atoms with Gasteiger partial charge in [-0.15, -0.1) is 6.42 Å². The summed E-state index contributed by atoms with van der Waals surface area (Å²) < 4.78 is 5.20.